The van der Waals surface area contributed by atoms with Crippen LogP contribution >= 0.6 is 15.9 Å². The lowest BCUT2D eigenvalue weighted by Gasteiger charge is -2.14. The van der Waals surface area contributed by atoms with Gasteiger partial charge in [0.05, 0.1) is 12.7 Å². The molecule has 3 nitrogen and oxygen atoms in total. The van der Waals surface area contributed by atoms with Crippen LogP contribution in [-0.4, -0.2) is 18.8 Å². The van der Waals surface area contributed by atoms with Gasteiger partial charge in [0.1, 0.15) is 11.5 Å². The molecule has 0 aliphatic heterocycles. The summed E-state index contributed by atoms with van der Waals surface area (Å²) in [6, 6.07) is 13.5. The van der Waals surface area contributed by atoms with E-state index in [9.17, 15) is 5.11 Å². The van der Waals surface area contributed by atoms with Crippen LogP contribution in [0.4, 0.5) is 0 Å². The molecule has 0 heterocycles. The standard InChI is InChI=1S/C17H19BrO3/c1-12(19)16-8-5-14(18)11-17(16)21-15-6-3-13(4-7-15)9-10-20-2/h3-8,11-12,19H,9-10H2,1-2H3. The summed E-state index contributed by atoms with van der Waals surface area (Å²) in [5.74, 6) is 1.40. The number of hydrogen-bond acceptors (Lipinski definition) is 3. The minimum absolute atomic E-state index is 0.575. The first kappa shape index (κ1) is 16.0. The zero-order chi connectivity index (χ0) is 15.2. The summed E-state index contributed by atoms with van der Waals surface area (Å²) < 4.78 is 11.9. The summed E-state index contributed by atoms with van der Waals surface area (Å²) in [4.78, 5) is 0. The van der Waals surface area contributed by atoms with Crippen molar-refractivity contribution in [3.63, 3.8) is 0 Å². The molecular weight excluding hydrogens is 332 g/mol. The SMILES string of the molecule is COCCc1ccc(Oc2cc(Br)ccc2C(C)O)cc1. The average molecular weight is 351 g/mol. The highest BCUT2D eigenvalue weighted by molar-refractivity contribution is 9.10. The van der Waals surface area contributed by atoms with Crippen molar-refractivity contribution in [3.8, 4) is 11.5 Å². The first-order valence-electron chi connectivity index (χ1n) is 6.83. The van der Waals surface area contributed by atoms with Crippen molar-refractivity contribution in [1.29, 1.82) is 0 Å². The molecule has 4 heteroatoms. The van der Waals surface area contributed by atoms with E-state index in [0.717, 1.165) is 22.2 Å². The normalized spacial score (nSPS) is 12.2. The molecule has 1 unspecified atom stereocenters. The van der Waals surface area contributed by atoms with E-state index in [2.05, 4.69) is 15.9 Å². The topological polar surface area (TPSA) is 38.7 Å². The summed E-state index contributed by atoms with van der Waals surface area (Å²) in [6.45, 7) is 2.43. The number of ether oxygens (including phenoxy) is 2. The van der Waals surface area contributed by atoms with Crippen molar-refractivity contribution in [2.45, 2.75) is 19.4 Å². The Kier molecular flexibility index (Phi) is 5.79. The maximum Gasteiger partial charge on any atom is 0.134 e. The fourth-order valence-electron chi connectivity index (χ4n) is 2.01. The van der Waals surface area contributed by atoms with Crippen LogP contribution in [-0.2, 0) is 11.2 Å². The Hall–Kier alpha value is -1.36. The summed E-state index contributed by atoms with van der Waals surface area (Å²) in [5, 5.41) is 9.81. The molecule has 1 N–H and O–H groups in total. The molecule has 2 aromatic rings. The van der Waals surface area contributed by atoms with E-state index in [1.807, 2.05) is 42.5 Å². The van der Waals surface area contributed by atoms with E-state index >= 15 is 0 Å². The third-order valence-corrected chi connectivity index (χ3v) is 3.66. The van der Waals surface area contributed by atoms with Crippen LogP contribution in [0.15, 0.2) is 46.9 Å². The number of rotatable bonds is 6. The molecular formula is C17H19BrO3. The van der Waals surface area contributed by atoms with Crippen LogP contribution in [0.25, 0.3) is 0 Å². The van der Waals surface area contributed by atoms with Gasteiger partial charge in [-0.05, 0) is 43.2 Å². The molecule has 0 radical (unpaired) electrons. The summed E-state index contributed by atoms with van der Waals surface area (Å²) in [7, 11) is 1.70. The molecule has 0 saturated heterocycles. The minimum atomic E-state index is -0.575. The zero-order valence-corrected chi connectivity index (χ0v) is 13.8. The number of methoxy groups -OCH3 is 1. The van der Waals surface area contributed by atoms with E-state index in [1.54, 1.807) is 14.0 Å². The van der Waals surface area contributed by atoms with Gasteiger partial charge in [-0.15, -0.1) is 0 Å². The lowest BCUT2D eigenvalue weighted by Crippen LogP contribution is -1.97. The van der Waals surface area contributed by atoms with E-state index in [-0.39, 0.29) is 0 Å². The second-order valence-electron chi connectivity index (χ2n) is 4.85. The maximum absolute atomic E-state index is 9.81. The number of aliphatic hydroxyl groups is 1. The smallest absolute Gasteiger partial charge is 0.134 e. The van der Waals surface area contributed by atoms with E-state index in [1.165, 1.54) is 5.56 Å². The fourth-order valence-corrected chi connectivity index (χ4v) is 2.35. The molecule has 2 aromatic carbocycles. The van der Waals surface area contributed by atoms with Gasteiger partial charge >= 0.3 is 0 Å². The van der Waals surface area contributed by atoms with E-state index < -0.39 is 6.10 Å². The van der Waals surface area contributed by atoms with Crippen molar-refractivity contribution < 1.29 is 14.6 Å². The average Bonchev–Trinajstić information content (AvgIpc) is 2.46. The fraction of sp³-hybridized carbons (Fsp3) is 0.294. The van der Waals surface area contributed by atoms with Gasteiger partial charge in [0, 0.05) is 17.1 Å². The molecule has 21 heavy (non-hydrogen) atoms. The lowest BCUT2D eigenvalue weighted by molar-refractivity contribution is 0.195. The van der Waals surface area contributed by atoms with Crippen LogP contribution in [0.3, 0.4) is 0 Å². The van der Waals surface area contributed by atoms with Crippen molar-refractivity contribution in [1.82, 2.24) is 0 Å². The molecule has 2 rings (SSSR count). The van der Waals surface area contributed by atoms with Crippen LogP contribution in [0.2, 0.25) is 0 Å². The van der Waals surface area contributed by atoms with Crippen LogP contribution in [0.1, 0.15) is 24.2 Å². The van der Waals surface area contributed by atoms with Crippen LogP contribution < -0.4 is 4.74 Å². The third kappa shape index (κ3) is 4.56. The Labute approximate surface area is 133 Å². The maximum atomic E-state index is 9.81. The molecule has 0 saturated carbocycles. The number of halogens is 1. The highest BCUT2D eigenvalue weighted by atomic mass is 79.9. The van der Waals surface area contributed by atoms with Gasteiger partial charge < -0.3 is 14.6 Å². The second-order valence-corrected chi connectivity index (χ2v) is 5.76. The Morgan fingerprint density at radius 2 is 1.86 bits per heavy atom. The largest absolute Gasteiger partial charge is 0.457 e. The Bertz CT molecular complexity index is 579. The Morgan fingerprint density at radius 3 is 2.48 bits per heavy atom. The van der Waals surface area contributed by atoms with E-state index in [4.69, 9.17) is 9.47 Å². The first-order chi connectivity index (χ1) is 10.1. The molecule has 0 aromatic heterocycles. The van der Waals surface area contributed by atoms with Gasteiger partial charge in [0.15, 0.2) is 0 Å². The zero-order valence-electron chi connectivity index (χ0n) is 12.2. The predicted molar refractivity (Wildman–Crippen MR) is 86.9 cm³/mol. The highest BCUT2D eigenvalue weighted by Gasteiger charge is 2.10. The summed E-state index contributed by atoms with van der Waals surface area (Å²) in [6.07, 6.45) is 0.307. The predicted octanol–water partition coefficient (Wildman–Crippen LogP) is 4.48. The summed E-state index contributed by atoms with van der Waals surface area (Å²) >= 11 is 3.42. The first-order valence-corrected chi connectivity index (χ1v) is 7.62. The van der Waals surface area contributed by atoms with Gasteiger partial charge in [-0.2, -0.15) is 0 Å². The van der Waals surface area contributed by atoms with Crippen LogP contribution in [0.5, 0.6) is 11.5 Å². The highest BCUT2D eigenvalue weighted by Crippen LogP contribution is 2.32. The second kappa shape index (κ2) is 7.59. The number of aliphatic hydroxyl groups excluding tert-OH is 1. The third-order valence-electron chi connectivity index (χ3n) is 3.17. The van der Waals surface area contributed by atoms with Gasteiger partial charge in [0.2, 0.25) is 0 Å². The van der Waals surface area contributed by atoms with E-state index in [0.29, 0.717) is 12.4 Å². The molecule has 0 aliphatic carbocycles. The van der Waals surface area contributed by atoms with Gasteiger partial charge in [0.25, 0.3) is 0 Å². The monoisotopic (exact) mass is 350 g/mol. The Balaban J connectivity index is 2.16. The lowest BCUT2D eigenvalue weighted by atomic mass is 10.1. The van der Waals surface area contributed by atoms with Gasteiger partial charge in [-0.25, -0.2) is 0 Å². The van der Waals surface area contributed by atoms with Crippen LogP contribution in [0, 0.1) is 0 Å². The number of benzene rings is 2. The molecule has 112 valence electrons. The molecule has 0 bridgehead atoms. The van der Waals surface area contributed by atoms with Crippen molar-refractivity contribution in [2.24, 2.45) is 0 Å². The molecule has 0 fully saturated rings. The van der Waals surface area contributed by atoms with Crippen molar-refractivity contribution in [3.05, 3.63) is 58.1 Å². The van der Waals surface area contributed by atoms with Gasteiger partial charge in [-0.1, -0.05) is 34.1 Å². The Morgan fingerprint density at radius 1 is 1.14 bits per heavy atom. The van der Waals surface area contributed by atoms with Crippen molar-refractivity contribution in [2.75, 3.05) is 13.7 Å². The minimum Gasteiger partial charge on any atom is -0.457 e. The molecule has 0 amide bonds. The summed E-state index contributed by atoms with van der Waals surface area (Å²) in [5.41, 5.74) is 1.97. The van der Waals surface area contributed by atoms with Crippen molar-refractivity contribution >= 4 is 15.9 Å². The molecule has 0 aliphatic rings. The molecule has 1 atom stereocenters. The molecule has 0 spiro atoms. The quantitative estimate of drug-likeness (QED) is 0.834. The number of hydrogen-bond donors (Lipinski definition) is 1. The van der Waals surface area contributed by atoms with Gasteiger partial charge in [-0.3, -0.25) is 0 Å².